The molecule has 2 heterocycles. The van der Waals surface area contributed by atoms with E-state index in [-0.39, 0.29) is 17.4 Å². The third-order valence-electron chi connectivity index (χ3n) is 8.02. The Morgan fingerprint density at radius 2 is 1.76 bits per heavy atom. The molecular weight excluding hydrogens is 503 g/mol. The Balaban J connectivity index is 1.25. The summed E-state index contributed by atoms with van der Waals surface area (Å²) in [6.45, 7) is 6.31. The normalized spacial score (nSPS) is 17.5. The molecule has 0 bridgehead atoms. The van der Waals surface area contributed by atoms with Crippen LogP contribution in [0.3, 0.4) is 0 Å². The summed E-state index contributed by atoms with van der Waals surface area (Å²) in [6, 6.07) is 22.2. The predicted octanol–water partition coefficient (Wildman–Crippen LogP) is 7.07. The van der Waals surface area contributed by atoms with Crippen molar-refractivity contribution in [2.24, 2.45) is 0 Å². The number of hydrogen-bond acceptors (Lipinski definition) is 3. The molecule has 4 nitrogen and oxygen atoms in total. The molecule has 1 spiro atoms. The average molecular weight is 538 g/mol. The van der Waals surface area contributed by atoms with Gasteiger partial charge in [0.1, 0.15) is 0 Å². The van der Waals surface area contributed by atoms with E-state index < -0.39 is 0 Å². The van der Waals surface area contributed by atoms with Crippen LogP contribution in [-0.4, -0.2) is 48.9 Å². The summed E-state index contributed by atoms with van der Waals surface area (Å²) < 4.78 is 6.35. The third-order valence-corrected chi connectivity index (χ3v) is 8.76. The Morgan fingerprint density at radius 1 is 1.03 bits per heavy atom. The first-order valence-corrected chi connectivity index (χ1v) is 13.8. The molecule has 37 heavy (non-hydrogen) atoms. The third kappa shape index (κ3) is 5.73. The minimum atomic E-state index is -0.128. The number of ether oxygens (including phenoxy) is 1. The zero-order chi connectivity index (χ0) is 26.0. The number of likely N-dealkylation sites (tertiary alicyclic amines) is 1. The lowest BCUT2D eigenvalue weighted by molar-refractivity contribution is -0.0790. The number of amides is 1. The molecule has 2 aliphatic rings. The second-order valence-corrected chi connectivity index (χ2v) is 11.3. The highest BCUT2D eigenvalue weighted by atomic mass is 35.5. The van der Waals surface area contributed by atoms with Gasteiger partial charge in [-0.2, -0.15) is 0 Å². The van der Waals surface area contributed by atoms with Crippen LogP contribution in [0.4, 0.5) is 0 Å². The van der Waals surface area contributed by atoms with Gasteiger partial charge in [0.05, 0.1) is 22.3 Å². The van der Waals surface area contributed by atoms with Gasteiger partial charge < -0.3 is 14.5 Å². The smallest absolute Gasteiger partial charge is 0.253 e. The monoisotopic (exact) mass is 536 g/mol. The molecule has 194 valence electrons. The number of carbonyl (C=O) groups is 1. The van der Waals surface area contributed by atoms with Gasteiger partial charge >= 0.3 is 0 Å². The fourth-order valence-corrected chi connectivity index (χ4v) is 6.04. The summed E-state index contributed by atoms with van der Waals surface area (Å²) in [6.07, 6.45) is 2.94. The fraction of sp³-hybridized carbons (Fsp3) is 0.387. The van der Waals surface area contributed by atoms with Gasteiger partial charge in [0.2, 0.25) is 0 Å². The fourth-order valence-electron chi connectivity index (χ4n) is 5.73. The molecule has 6 heteroatoms. The highest BCUT2D eigenvalue weighted by Crippen LogP contribution is 2.44. The van der Waals surface area contributed by atoms with E-state index in [1.165, 1.54) is 11.1 Å². The van der Waals surface area contributed by atoms with Gasteiger partial charge in [-0.05, 0) is 73.7 Å². The number of halogens is 2. The van der Waals surface area contributed by atoms with Crippen LogP contribution in [0.15, 0.2) is 66.7 Å². The summed E-state index contributed by atoms with van der Waals surface area (Å²) >= 11 is 12.6. The van der Waals surface area contributed by atoms with Gasteiger partial charge in [-0.3, -0.25) is 4.79 Å². The average Bonchev–Trinajstić information content (AvgIpc) is 3.27. The number of piperidine rings is 1. The zero-order valence-corrected chi connectivity index (χ0v) is 23.1. The van der Waals surface area contributed by atoms with Crippen LogP contribution in [0.25, 0.3) is 0 Å². The van der Waals surface area contributed by atoms with Crippen molar-refractivity contribution in [2.75, 3.05) is 33.2 Å². The maximum absolute atomic E-state index is 13.1. The molecule has 3 aromatic carbocycles. The molecular formula is C31H34Cl2N2O2. The number of nitrogens with zero attached hydrogens (tertiary/aromatic N) is 2. The van der Waals surface area contributed by atoms with Crippen LogP contribution in [0.2, 0.25) is 10.0 Å². The zero-order valence-electron chi connectivity index (χ0n) is 21.6. The lowest BCUT2D eigenvalue weighted by Gasteiger charge is -2.40. The van der Waals surface area contributed by atoms with E-state index in [0.29, 0.717) is 22.2 Å². The lowest BCUT2D eigenvalue weighted by atomic mass is 9.83. The quantitative estimate of drug-likeness (QED) is 0.323. The molecule has 2 aliphatic heterocycles. The van der Waals surface area contributed by atoms with Crippen LogP contribution in [0, 0.1) is 6.92 Å². The molecule has 0 saturated carbocycles. The molecule has 1 amide bonds. The molecule has 0 aliphatic carbocycles. The van der Waals surface area contributed by atoms with Gasteiger partial charge in [0.25, 0.3) is 5.91 Å². The topological polar surface area (TPSA) is 32.8 Å². The van der Waals surface area contributed by atoms with E-state index in [9.17, 15) is 4.79 Å². The van der Waals surface area contributed by atoms with Crippen LogP contribution < -0.4 is 0 Å². The number of rotatable bonds is 7. The number of fused-ring (bicyclic) bond motifs is 2. The predicted molar refractivity (Wildman–Crippen MR) is 151 cm³/mol. The molecule has 0 N–H and O–H groups in total. The largest absolute Gasteiger partial charge is 0.365 e. The Kier molecular flexibility index (Phi) is 7.92. The molecule has 5 rings (SSSR count). The Bertz CT molecular complexity index is 1250. The highest BCUT2D eigenvalue weighted by molar-refractivity contribution is 6.42. The van der Waals surface area contributed by atoms with Crippen molar-refractivity contribution in [3.8, 4) is 0 Å². The van der Waals surface area contributed by atoms with E-state index in [2.05, 4.69) is 29.2 Å². The van der Waals surface area contributed by atoms with Crippen molar-refractivity contribution in [2.45, 2.75) is 44.3 Å². The van der Waals surface area contributed by atoms with Crippen LogP contribution in [-0.2, 0) is 16.9 Å². The Morgan fingerprint density at radius 3 is 2.49 bits per heavy atom. The lowest BCUT2D eigenvalue weighted by Crippen LogP contribution is -2.43. The van der Waals surface area contributed by atoms with Crippen molar-refractivity contribution < 1.29 is 9.53 Å². The summed E-state index contributed by atoms with van der Waals surface area (Å²) in [4.78, 5) is 17.5. The minimum Gasteiger partial charge on any atom is -0.365 e. The second kappa shape index (κ2) is 11.2. The molecule has 1 fully saturated rings. The van der Waals surface area contributed by atoms with E-state index in [1.54, 1.807) is 0 Å². The summed E-state index contributed by atoms with van der Waals surface area (Å²) in [5.74, 6) is 0.176. The van der Waals surface area contributed by atoms with Gasteiger partial charge in [-0.15, -0.1) is 0 Å². The van der Waals surface area contributed by atoms with Gasteiger partial charge in [0, 0.05) is 38.2 Å². The van der Waals surface area contributed by atoms with Crippen LogP contribution in [0.1, 0.15) is 57.8 Å². The summed E-state index contributed by atoms with van der Waals surface area (Å²) in [5, 5.41) is 1.10. The molecule has 0 aromatic heterocycles. The Hall–Kier alpha value is -2.37. The number of hydrogen-bond donors (Lipinski definition) is 0. The summed E-state index contributed by atoms with van der Waals surface area (Å²) in [7, 11) is 1.88. The molecule has 1 atom stereocenters. The number of likely N-dealkylation sites (N-methyl/N-ethyl adjacent to an activating group) is 1. The first kappa shape index (κ1) is 26.2. The van der Waals surface area contributed by atoms with Gasteiger partial charge in [-0.25, -0.2) is 0 Å². The van der Waals surface area contributed by atoms with Crippen molar-refractivity contribution in [1.82, 2.24) is 9.80 Å². The number of carbonyl (C=O) groups excluding carboxylic acids is 1. The van der Waals surface area contributed by atoms with E-state index in [4.69, 9.17) is 27.9 Å². The number of benzene rings is 3. The standard InChI is InChI=1S/C31H34Cl2N2O2/c1-22-7-9-23(10-8-22)30(36)34(2)20-25(24-11-12-28(32)29(33)19-24)13-16-35-17-14-31(15-18-35)27-6-4-3-5-26(27)21-37-31/h3-12,19,25H,13-18,20-21H2,1-2H3/t25-/m0/s1. The molecule has 0 unspecified atom stereocenters. The van der Waals surface area contributed by atoms with Crippen molar-refractivity contribution >= 4 is 29.1 Å². The first-order chi connectivity index (χ1) is 17.8. The minimum absolute atomic E-state index is 0.0297. The van der Waals surface area contributed by atoms with Crippen molar-refractivity contribution in [1.29, 1.82) is 0 Å². The van der Waals surface area contributed by atoms with Crippen molar-refractivity contribution in [3.05, 3.63) is 105 Å². The second-order valence-electron chi connectivity index (χ2n) is 10.5. The SMILES string of the molecule is Cc1ccc(C(=O)N(C)C[C@H](CCN2CCC3(CC2)OCc2ccccc23)c2ccc(Cl)c(Cl)c2)cc1. The maximum Gasteiger partial charge on any atom is 0.253 e. The van der Waals surface area contributed by atoms with E-state index >= 15 is 0 Å². The summed E-state index contributed by atoms with van der Waals surface area (Å²) in [5.41, 5.74) is 5.54. The van der Waals surface area contributed by atoms with E-state index in [0.717, 1.165) is 56.6 Å². The molecule has 1 saturated heterocycles. The first-order valence-electron chi connectivity index (χ1n) is 13.1. The Labute approximate surface area is 230 Å². The maximum atomic E-state index is 13.1. The van der Waals surface area contributed by atoms with Gasteiger partial charge in [-0.1, -0.05) is 71.2 Å². The molecule has 0 radical (unpaired) electrons. The van der Waals surface area contributed by atoms with Gasteiger partial charge in [0.15, 0.2) is 0 Å². The van der Waals surface area contributed by atoms with E-state index in [1.807, 2.05) is 61.3 Å². The molecule has 3 aromatic rings. The van der Waals surface area contributed by atoms with Crippen molar-refractivity contribution in [3.63, 3.8) is 0 Å². The highest BCUT2D eigenvalue weighted by Gasteiger charge is 2.42. The van der Waals surface area contributed by atoms with Crippen LogP contribution >= 0.6 is 23.2 Å². The number of aryl methyl sites for hydroxylation is 1. The van der Waals surface area contributed by atoms with Crippen LogP contribution in [0.5, 0.6) is 0 Å².